The Kier molecular flexibility index (Phi) is 2.30. The lowest BCUT2D eigenvalue weighted by molar-refractivity contribution is -0.0612. The molecule has 0 aliphatic heterocycles. The highest BCUT2D eigenvalue weighted by Gasteiger charge is 2.11. The minimum atomic E-state index is -1.61. The monoisotopic (exact) mass is 195 g/mol. The van der Waals surface area contributed by atoms with Gasteiger partial charge in [0.1, 0.15) is 5.69 Å². The normalized spacial score (nSPS) is 10.8. The van der Waals surface area contributed by atoms with E-state index in [0.717, 1.165) is 5.56 Å². The molecular weight excluding hydrogens is 182 g/mol. The molecule has 0 unspecified atom stereocenters. The van der Waals surface area contributed by atoms with Gasteiger partial charge in [-0.1, -0.05) is 35.5 Å². The van der Waals surface area contributed by atoms with Gasteiger partial charge in [0.2, 0.25) is 6.29 Å². The molecule has 14 heavy (non-hydrogen) atoms. The van der Waals surface area contributed by atoms with Crippen molar-refractivity contribution >= 4 is 0 Å². The van der Waals surface area contributed by atoms with Gasteiger partial charge in [0.25, 0.3) is 0 Å². The minimum Gasteiger partial charge on any atom is -0.362 e. The third kappa shape index (κ3) is 1.66. The first-order chi connectivity index (χ1) is 6.77. The summed E-state index contributed by atoms with van der Waals surface area (Å²) < 4.78 is 4.73. The van der Waals surface area contributed by atoms with Crippen molar-refractivity contribution in [3.8, 4) is 11.3 Å². The third-order valence-electron chi connectivity index (χ3n) is 1.85. The van der Waals surface area contributed by atoms with Gasteiger partial charge in [-0.25, -0.2) is 0 Å². The topological polar surface area (TPSA) is 66.5 Å². The van der Waals surface area contributed by atoms with Gasteiger partial charge in [-0.15, -0.1) is 0 Å². The maximum absolute atomic E-state index is 8.81. The Bertz CT molecular complexity index is 417. The van der Waals surface area contributed by atoms with Crippen LogP contribution in [0.25, 0.3) is 11.3 Å². The van der Waals surface area contributed by atoms with Crippen molar-refractivity contribution in [3.63, 3.8) is 0 Å². The number of benzene rings is 1. The van der Waals surface area contributed by atoms with E-state index in [1.54, 1.807) is 0 Å². The molecule has 2 N–H and O–H groups in total. The van der Waals surface area contributed by atoms with Gasteiger partial charge in [0.05, 0.1) is 0 Å². The maximum atomic E-state index is 8.81. The molecule has 1 aromatic heterocycles. The molecule has 0 radical (unpaired) electrons. The third-order valence-corrected chi connectivity index (χ3v) is 1.85. The summed E-state index contributed by atoms with van der Waals surface area (Å²) in [4.78, 5) is 0. The number of rotatable bonds is 2. The molecule has 4 nitrogen and oxygen atoms in total. The first-order valence-corrected chi connectivity index (χ1v) is 4.15. The van der Waals surface area contributed by atoms with E-state index < -0.39 is 6.29 Å². The van der Waals surface area contributed by atoms with Crippen LogP contribution in [0.5, 0.6) is 0 Å². The van der Waals surface area contributed by atoms with Crippen LogP contribution in [0.4, 0.5) is 0 Å². The molecule has 0 atom stereocenters. The van der Waals surface area contributed by atoms with Crippen molar-refractivity contribution < 1.29 is 17.6 Å². The molecule has 0 aliphatic carbocycles. The summed E-state index contributed by atoms with van der Waals surface area (Å²) in [5, 5.41) is 21.3. The van der Waals surface area contributed by atoms with Crippen molar-refractivity contribution in [2.24, 2.45) is 0 Å². The summed E-state index contributed by atoms with van der Waals surface area (Å²) in [6, 6.07) is 10.9. The number of nitrogens with zero attached hydrogens (tertiary/aromatic N) is 1. The summed E-state index contributed by atoms with van der Waals surface area (Å²) in [6.07, 6.45) is -1.61. The second-order valence-electron chi connectivity index (χ2n) is 2.85. The van der Waals surface area contributed by atoms with Gasteiger partial charge < -0.3 is 14.7 Å². The van der Waals surface area contributed by atoms with Crippen molar-refractivity contribution in [2.45, 2.75) is 6.29 Å². The van der Waals surface area contributed by atoms with Crippen LogP contribution in [0.3, 0.4) is 0 Å². The van der Waals surface area contributed by atoms with Gasteiger partial charge in [0, 0.05) is 14.5 Å². The maximum Gasteiger partial charge on any atom is 0.215 e. The molecule has 0 fully saturated rings. The molecule has 2 aromatic rings. The summed E-state index contributed by atoms with van der Waals surface area (Å²) in [6.45, 7) is 0. The fourth-order valence-electron chi connectivity index (χ4n) is 1.16. The molecule has 0 amide bonds. The number of aromatic nitrogens is 1. The Labute approximate surface area is 83.4 Å². The molecule has 2 rings (SSSR count). The van der Waals surface area contributed by atoms with Gasteiger partial charge in [-0.05, 0) is 0 Å². The van der Waals surface area contributed by atoms with E-state index in [-0.39, 0.29) is 8.61 Å². The average Bonchev–Trinajstić information content (AvgIpc) is 2.68. The van der Waals surface area contributed by atoms with Crippen molar-refractivity contribution in [3.05, 3.63) is 42.2 Å². The van der Waals surface area contributed by atoms with Crippen LogP contribution < -0.4 is 0 Å². The molecule has 76 valence electrons. The van der Waals surface area contributed by atoms with E-state index >= 15 is 0 Å². The van der Waals surface area contributed by atoms with Crippen LogP contribution >= 0.6 is 0 Å². The van der Waals surface area contributed by atoms with Gasteiger partial charge in [-0.2, -0.15) is 0 Å². The van der Waals surface area contributed by atoms with E-state index in [1.807, 2.05) is 30.3 Å². The minimum absolute atomic E-state index is 0. The first-order valence-electron chi connectivity index (χ1n) is 4.15. The standard InChI is InChI=1S/C10H9NO3.2H2/c12-10(13)9-6-8(11-14-9)7-4-2-1-3-5-7;;/h1-6,10,12-13H;2*1H. The lowest BCUT2D eigenvalue weighted by Gasteiger charge is -1.93. The van der Waals surface area contributed by atoms with Crippen LogP contribution in [0.2, 0.25) is 0 Å². The van der Waals surface area contributed by atoms with E-state index in [9.17, 15) is 0 Å². The lowest BCUT2D eigenvalue weighted by Crippen LogP contribution is -1.90. The quantitative estimate of drug-likeness (QED) is 0.717. The molecule has 0 bridgehead atoms. The zero-order chi connectivity index (χ0) is 9.97. The van der Waals surface area contributed by atoms with Crippen LogP contribution in [0, 0.1) is 0 Å². The second kappa shape index (κ2) is 3.61. The summed E-state index contributed by atoms with van der Waals surface area (Å²) in [5.41, 5.74) is 1.47. The Balaban J connectivity index is 0.00000112. The number of aliphatic hydroxyl groups is 2. The van der Waals surface area contributed by atoms with Gasteiger partial charge in [-0.3, -0.25) is 0 Å². The van der Waals surface area contributed by atoms with Gasteiger partial charge >= 0.3 is 0 Å². The zero-order valence-corrected chi connectivity index (χ0v) is 7.29. The van der Waals surface area contributed by atoms with Crippen molar-refractivity contribution in [2.75, 3.05) is 0 Å². The predicted molar refractivity (Wildman–Crippen MR) is 53.3 cm³/mol. The smallest absolute Gasteiger partial charge is 0.215 e. The molecule has 4 heteroatoms. The molecular formula is C10H13NO3. The molecule has 0 saturated heterocycles. The van der Waals surface area contributed by atoms with Crippen molar-refractivity contribution in [1.29, 1.82) is 0 Å². The first kappa shape index (κ1) is 8.93. The highest BCUT2D eigenvalue weighted by Crippen LogP contribution is 2.20. The highest BCUT2D eigenvalue weighted by molar-refractivity contribution is 5.58. The van der Waals surface area contributed by atoms with E-state index in [2.05, 4.69) is 5.16 Å². The number of aliphatic hydroxyl groups excluding tert-OH is 1. The molecule has 0 spiro atoms. The van der Waals surface area contributed by atoms with Crippen molar-refractivity contribution in [1.82, 2.24) is 5.16 Å². The van der Waals surface area contributed by atoms with Gasteiger partial charge in [0.15, 0.2) is 5.76 Å². The largest absolute Gasteiger partial charge is 0.362 e. The van der Waals surface area contributed by atoms with Crippen LogP contribution in [0.1, 0.15) is 14.9 Å². The second-order valence-corrected chi connectivity index (χ2v) is 2.85. The van der Waals surface area contributed by atoms with E-state index in [1.165, 1.54) is 6.07 Å². The SMILES string of the molecule is OC(O)c1cc(-c2ccccc2)no1.[HH].[HH]. The fraction of sp³-hybridized carbons (Fsp3) is 0.100. The molecule has 0 saturated carbocycles. The average molecular weight is 195 g/mol. The van der Waals surface area contributed by atoms with Crippen LogP contribution in [0.15, 0.2) is 40.9 Å². The highest BCUT2D eigenvalue weighted by atomic mass is 16.5. The van der Waals surface area contributed by atoms with Crippen LogP contribution in [-0.2, 0) is 0 Å². The number of hydrogen-bond donors (Lipinski definition) is 2. The Morgan fingerprint density at radius 1 is 1.21 bits per heavy atom. The fourth-order valence-corrected chi connectivity index (χ4v) is 1.16. The van der Waals surface area contributed by atoms with E-state index in [4.69, 9.17) is 14.7 Å². The summed E-state index contributed by atoms with van der Waals surface area (Å²) in [7, 11) is 0. The summed E-state index contributed by atoms with van der Waals surface area (Å²) >= 11 is 0. The molecule has 1 aromatic carbocycles. The predicted octanol–water partition coefficient (Wildman–Crippen LogP) is 1.82. The Morgan fingerprint density at radius 3 is 2.50 bits per heavy atom. The zero-order valence-electron chi connectivity index (χ0n) is 7.29. The van der Waals surface area contributed by atoms with E-state index in [0.29, 0.717) is 5.69 Å². The summed E-state index contributed by atoms with van der Waals surface area (Å²) in [5.74, 6) is 0.0452. The lowest BCUT2D eigenvalue weighted by atomic mass is 10.1. The van der Waals surface area contributed by atoms with Crippen LogP contribution in [-0.4, -0.2) is 15.4 Å². The Morgan fingerprint density at radius 2 is 1.93 bits per heavy atom. The molecule has 0 aliphatic rings. The Hall–Kier alpha value is -1.65. The molecule has 1 heterocycles. The number of hydrogen-bond acceptors (Lipinski definition) is 4.